The molecule has 0 bridgehead atoms. The van der Waals surface area contributed by atoms with E-state index in [4.69, 9.17) is 22.1 Å². The SMILES string of the molecule is Nc1ccc2c(c1)N(Cc1ccc(F)c(Cl)c1)C(=O)CO2. The number of carbonyl (C=O) groups is 1. The topological polar surface area (TPSA) is 55.6 Å². The average molecular weight is 307 g/mol. The van der Waals surface area contributed by atoms with Crippen molar-refractivity contribution in [1.29, 1.82) is 0 Å². The minimum atomic E-state index is -0.488. The fourth-order valence-corrected chi connectivity index (χ4v) is 2.42. The van der Waals surface area contributed by atoms with E-state index in [9.17, 15) is 9.18 Å². The Bertz CT molecular complexity index is 721. The van der Waals surface area contributed by atoms with E-state index >= 15 is 0 Å². The van der Waals surface area contributed by atoms with Gasteiger partial charge in [-0.2, -0.15) is 0 Å². The molecule has 0 unspecified atom stereocenters. The summed E-state index contributed by atoms with van der Waals surface area (Å²) in [5.41, 5.74) is 7.63. The second-order valence-corrected chi connectivity index (χ2v) is 5.15. The van der Waals surface area contributed by atoms with Gasteiger partial charge >= 0.3 is 0 Å². The van der Waals surface area contributed by atoms with Crippen LogP contribution < -0.4 is 15.4 Å². The van der Waals surface area contributed by atoms with Gasteiger partial charge in [0.15, 0.2) is 6.61 Å². The first-order valence-corrected chi connectivity index (χ1v) is 6.69. The van der Waals surface area contributed by atoms with Gasteiger partial charge in [0.25, 0.3) is 5.91 Å². The first-order chi connectivity index (χ1) is 10.0. The van der Waals surface area contributed by atoms with Gasteiger partial charge in [0, 0.05) is 5.69 Å². The van der Waals surface area contributed by atoms with Crippen molar-refractivity contribution in [3.8, 4) is 5.75 Å². The van der Waals surface area contributed by atoms with Gasteiger partial charge in [-0.3, -0.25) is 4.79 Å². The fourth-order valence-electron chi connectivity index (χ4n) is 2.21. The lowest BCUT2D eigenvalue weighted by molar-refractivity contribution is -0.121. The summed E-state index contributed by atoms with van der Waals surface area (Å²) >= 11 is 5.77. The van der Waals surface area contributed by atoms with Crippen molar-refractivity contribution in [2.75, 3.05) is 17.2 Å². The summed E-state index contributed by atoms with van der Waals surface area (Å²) in [5.74, 6) is -0.0797. The van der Waals surface area contributed by atoms with E-state index in [2.05, 4.69) is 0 Å². The zero-order valence-electron chi connectivity index (χ0n) is 11.0. The van der Waals surface area contributed by atoms with E-state index in [-0.39, 0.29) is 24.1 Å². The van der Waals surface area contributed by atoms with Crippen LogP contribution in [0.1, 0.15) is 5.56 Å². The molecule has 0 saturated carbocycles. The monoisotopic (exact) mass is 306 g/mol. The number of rotatable bonds is 2. The van der Waals surface area contributed by atoms with Crippen LogP contribution in [0.2, 0.25) is 5.02 Å². The number of carbonyl (C=O) groups excluding carboxylic acids is 1. The summed E-state index contributed by atoms with van der Waals surface area (Å²) in [6.45, 7) is 0.241. The van der Waals surface area contributed by atoms with Crippen molar-refractivity contribution < 1.29 is 13.9 Å². The molecular formula is C15H12ClFN2O2. The van der Waals surface area contributed by atoms with Crippen LogP contribution in [0.4, 0.5) is 15.8 Å². The van der Waals surface area contributed by atoms with Crippen LogP contribution in [0.15, 0.2) is 36.4 Å². The summed E-state index contributed by atoms with van der Waals surface area (Å²) in [4.78, 5) is 13.6. The van der Waals surface area contributed by atoms with Crippen LogP contribution in [0.5, 0.6) is 5.75 Å². The number of anilines is 2. The molecular weight excluding hydrogens is 295 g/mol. The quantitative estimate of drug-likeness (QED) is 0.868. The molecule has 0 spiro atoms. The van der Waals surface area contributed by atoms with E-state index in [1.165, 1.54) is 12.1 Å². The van der Waals surface area contributed by atoms with Crippen LogP contribution in [0.3, 0.4) is 0 Å². The standard InChI is InChI=1S/C15H12ClFN2O2/c16-11-5-9(1-3-12(11)17)7-19-13-6-10(18)2-4-14(13)21-8-15(19)20/h1-6H,7-8,18H2. The molecule has 6 heteroatoms. The van der Waals surface area contributed by atoms with Crippen LogP contribution in [0.25, 0.3) is 0 Å². The Labute approximate surface area is 125 Å². The maximum atomic E-state index is 13.2. The summed E-state index contributed by atoms with van der Waals surface area (Å²) in [7, 11) is 0. The average Bonchev–Trinajstić information content (AvgIpc) is 2.46. The van der Waals surface area contributed by atoms with E-state index in [1.807, 2.05) is 0 Å². The third kappa shape index (κ3) is 2.64. The zero-order valence-corrected chi connectivity index (χ0v) is 11.7. The van der Waals surface area contributed by atoms with Crippen LogP contribution in [-0.2, 0) is 11.3 Å². The molecule has 21 heavy (non-hydrogen) atoms. The molecule has 0 radical (unpaired) electrons. The summed E-state index contributed by atoms with van der Waals surface area (Å²) in [6.07, 6.45) is 0. The highest BCUT2D eigenvalue weighted by molar-refractivity contribution is 6.30. The van der Waals surface area contributed by atoms with E-state index in [0.717, 1.165) is 5.56 Å². The predicted octanol–water partition coefficient (Wildman–Crippen LogP) is 2.99. The lowest BCUT2D eigenvalue weighted by Gasteiger charge is -2.29. The molecule has 1 heterocycles. The number of hydrogen-bond donors (Lipinski definition) is 1. The van der Waals surface area contributed by atoms with Gasteiger partial charge in [0.05, 0.1) is 17.3 Å². The molecule has 0 fully saturated rings. The lowest BCUT2D eigenvalue weighted by atomic mass is 10.1. The number of ether oxygens (including phenoxy) is 1. The highest BCUT2D eigenvalue weighted by atomic mass is 35.5. The Kier molecular flexibility index (Phi) is 3.43. The van der Waals surface area contributed by atoms with Gasteiger partial charge in [-0.25, -0.2) is 4.39 Å². The Morgan fingerprint density at radius 3 is 2.86 bits per heavy atom. The summed E-state index contributed by atoms with van der Waals surface area (Å²) in [6, 6.07) is 9.49. The maximum Gasteiger partial charge on any atom is 0.265 e. The number of fused-ring (bicyclic) bond motifs is 1. The predicted molar refractivity (Wildman–Crippen MR) is 78.9 cm³/mol. The Morgan fingerprint density at radius 1 is 1.29 bits per heavy atom. The molecule has 108 valence electrons. The van der Waals surface area contributed by atoms with Crippen molar-refractivity contribution >= 4 is 28.9 Å². The first kappa shape index (κ1) is 13.7. The molecule has 3 rings (SSSR count). The number of nitrogens with two attached hydrogens (primary N) is 1. The third-order valence-corrected chi connectivity index (χ3v) is 3.54. The number of amides is 1. The van der Waals surface area contributed by atoms with Gasteiger partial charge in [0.2, 0.25) is 0 Å². The van der Waals surface area contributed by atoms with Gasteiger partial charge in [-0.05, 0) is 35.9 Å². The fraction of sp³-hybridized carbons (Fsp3) is 0.133. The normalized spacial score (nSPS) is 13.8. The second kappa shape index (κ2) is 5.26. The molecule has 2 aromatic rings. The van der Waals surface area contributed by atoms with E-state index < -0.39 is 5.82 Å². The molecule has 0 atom stereocenters. The summed E-state index contributed by atoms with van der Waals surface area (Å²) in [5, 5.41) is 0.0287. The molecule has 1 aliphatic rings. The number of nitrogen functional groups attached to an aromatic ring is 1. The number of hydrogen-bond acceptors (Lipinski definition) is 3. The van der Waals surface area contributed by atoms with Crippen molar-refractivity contribution in [2.45, 2.75) is 6.54 Å². The molecule has 0 aliphatic carbocycles. The van der Waals surface area contributed by atoms with Crippen LogP contribution in [0, 0.1) is 5.82 Å². The first-order valence-electron chi connectivity index (χ1n) is 6.31. The van der Waals surface area contributed by atoms with Gasteiger partial charge in [0.1, 0.15) is 11.6 Å². The molecule has 2 N–H and O–H groups in total. The van der Waals surface area contributed by atoms with Gasteiger partial charge in [-0.15, -0.1) is 0 Å². The molecule has 1 aliphatic heterocycles. The molecule has 0 aromatic heterocycles. The number of benzene rings is 2. The Morgan fingerprint density at radius 2 is 2.10 bits per heavy atom. The maximum absolute atomic E-state index is 13.2. The largest absolute Gasteiger partial charge is 0.482 e. The number of halogens is 2. The highest BCUT2D eigenvalue weighted by Crippen LogP contribution is 2.34. The second-order valence-electron chi connectivity index (χ2n) is 4.74. The third-order valence-electron chi connectivity index (χ3n) is 3.25. The van der Waals surface area contributed by atoms with Crippen molar-refractivity contribution in [3.63, 3.8) is 0 Å². The lowest BCUT2D eigenvalue weighted by Crippen LogP contribution is -2.38. The minimum absolute atomic E-state index is 0.0287. The smallest absolute Gasteiger partial charge is 0.265 e. The van der Waals surface area contributed by atoms with Gasteiger partial charge in [-0.1, -0.05) is 17.7 Å². The number of nitrogens with zero attached hydrogens (tertiary/aromatic N) is 1. The molecule has 2 aromatic carbocycles. The van der Waals surface area contributed by atoms with Crippen molar-refractivity contribution in [1.82, 2.24) is 0 Å². The highest BCUT2D eigenvalue weighted by Gasteiger charge is 2.25. The Hall–Kier alpha value is -2.27. The van der Waals surface area contributed by atoms with Crippen LogP contribution >= 0.6 is 11.6 Å². The zero-order chi connectivity index (χ0) is 15.0. The van der Waals surface area contributed by atoms with Crippen molar-refractivity contribution in [3.05, 3.63) is 52.8 Å². The van der Waals surface area contributed by atoms with Crippen molar-refractivity contribution in [2.24, 2.45) is 0 Å². The molecule has 4 nitrogen and oxygen atoms in total. The van der Waals surface area contributed by atoms with Gasteiger partial charge < -0.3 is 15.4 Å². The van der Waals surface area contributed by atoms with E-state index in [1.54, 1.807) is 29.2 Å². The molecule has 1 amide bonds. The molecule has 0 saturated heterocycles. The van der Waals surface area contributed by atoms with E-state index in [0.29, 0.717) is 17.1 Å². The Balaban J connectivity index is 1.96. The minimum Gasteiger partial charge on any atom is -0.482 e. The van der Waals surface area contributed by atoms with Crippen LogP contribution in [-0.4, -0.2) is 12.5 Å². The summed E-state index contributed by atoms with van der Waals surface area (Å²) < 4.78 is 18.6.